The summed E-state index contributed by atoms with van der Waals surface area (Å²) in [7, 11) is 0. The van der Waals surface area contributed by atoms with Crippen LogP contribution in [0.15, 0.2) is 72.8 Å². The van der Waals surface area contributed by atoms with Crippen LogP contribution < -0.4 is 15.8 Å². The zero-order valence-electron chi connectivity index (χ0n) is 25.1. The van der Waals surface area contributed by atoms with Crippen LogP contribution in [0.25, 0.3) is 11.1 Å². The Bertz CT molecular complexity index is 1420. The number of hydrogen-bond acceptors (Lipinski definition) is 5. The number of hydrogen-bond donors (Lipinski definition) is 3. The molecule has 1 aliphatic carbocycles. The van der Waals surface area contributed by atoms with Crippen molar-refractivity contribution in [2.45, 2.75) is 69.1 Å². The number of nitrogens with two attached hydrogens (primary N) is 1. The van der Waals surface area contributed by atoms with Gasteiger partial charge < -0.3 is 25.8 Å². The van der Waals surface area contributed by atoms with Crippen molar-refractivity contribution in [3.8, 4) is 16.9 Å². The molecule has 0 unspecified atom stereocenters. The van der Waals surface area contributed by atoms with Gasteiger partial charge in [0.1, 0.15) is 5.75 Å². The number of benzene rings is 3. The van der Waals surface area contributed by atoms with Gasteiger partial charge in [0.25, 0.3) is 11.8 Å². The van der Waals surface area contributed by atoms with Crippen LogP contribution >= 0.6 is 11.6 Å². The highest BCUT2D eigenvalue weighted by Gasteiger charge is 2.49. The number of ether oxygens (including phenoxy) is 1. The number of nitrogens with one attached hydrogen (secondary N) is 1. The van der Waals surface area contributed by atoms with E-state index in [1.165, 1.54) is 60.6 Å². The summed E-state index contributed by atoms with van der Waals surface area (Å²) >= 11 is 5.97. The number of carbonyl (C=O) groups excluding carboxylic acids is 2. The third kappa shape index (κ3) is 8.20. The second-order valence-electron chi connectivity index (χ2n) is 12.1. The third-order valence-corrected chi connectivity index (χ3v) is 9.10. The van der Waals surface area contributed by atoms with Crippen molar-refractivity contribution in [2.24, 2.45) is 11.7 Å². The van der Waals surface area contributed by atoms with Crippen molar-refractivity contribution < 1.29 is 28.2 Å². The number of carbonyl (C=O) groups is 2. The molecule has 0 bridgehead atoms. The van der Waals surface area contributed by atoms with Crippen LogP contribution in [-0.2, 0) is 15.5 Å². The van der Waals surface area contributed by atoms with E-state index in [0.717, 1.165) is 18.4 Å². The summed E-state index contributed by atoms with van der Waals surface area (Å²) in [6.45, 7) is 0.995. The van der Waals surface area contributed by atoms with Crippen LogP contribution in [0.3, 0.4) is 0 Å². The number of nitrogens with zero attached hydrogens (tertiary/aromatic N) is 1. The maximum Gasteiger partial charge on any atom is 0.301 e. The molecule has 1 saturated heterocycles. The van der Waals surface area contributed by atoms with Gasteiger partial charge in [0, 0.05) is 29.7 Å². The van der Waals surface area contributed by atoms with Gasteiger partial charge in [-0.3, -0.25) is 9.59 Å². The zero-order valence-corrected chi connectivity index (χ0v) is 25.9. The van der Waals surface area contributed by atoms with Crippen LogP contribution in [0.2, 0.25) is 5.02 Å². The highest BCUT2D eigenvalue weighted by atomic mass is 35.5. The molecule has 45 heavy (non-hydrogen) atoms. The van der Waals surface area contributed by atoms with E-state index < -0.39 is 35.4 Å². The number of alkyl halides is 2. The van der Waals surface area contributed by atoms with E-state index in [1.54, 1.807) is 36.4 Å². The predicted molar refractivity (Wildman–Crippen MR) is 170 cm³/mol. The fraction of sp³-hybridized carbons (Fsp3) is 0.429. The number of rotatable bonds is 10. The molecule has 240 valence electrons. The number of aliphatic hydroxyl groups excluding tert-OH is 1. The van der Waals surface area contributed by atoms with Crippen molar-refractivity contribution in [1.82, 2.24) is 10.2 Å². The lowest BCUT2D eigenvalue weighted by Crippen LogP contribution is -2.58. The number of halogens is 3. The average molecular weight is 640 g/mol. The van der Waals surface area contributed by atoms with Gasteiger partial charge in [-0.1, -0.05) is 79.4 Å². The molecule has 7 nitrogen and oxygen atoms in total. The molecule has 3 aromatic carbocycles. The van der Waals surface area contributed by atoms with E-state index in [0.29, 0.717) is 41.7 Å². The number of aliphatic hydroxyl groups is 1. The molecule has 3 aromatic rings. The zero-order chi connectivity index (χ0) is 32.0. The molecule has 0 aromatic heterocycles. The normalized spacial score (nSPS) is 17.8. The summed E-state index contributed by atoms with van der Waals surface area (Å²) < 4.78 is 38.3. The van der Waals surface area contributed by atoms with Crippen LogP contribution in [-0.4, -0.2) is 53.6 Å². The Labute approximate surface area is 267 Å². The van der Waals surface area contributed by atoms with Crippen molar-refractivity contribution in [1.29, 1.82) is 0 Å². The molecule has 1 heterocycles. The lowest BCUT2D eigenvalue weighted by Gasteiger charge is -2.36. The van der Waals surface area contributed by atoms with Gasteiger partial charge in [0.05, 0.1) is 6.61 Å². The lowest BCUT2D eigenvalue weighted by molar-refractivity contribution is -0.152. The molecule has 5 rings (SSSR count). The summed E-state index contributed by atoms with van der Waals surface area (Å²) in [5, 5.41) is 13.6. The molecule has 0 spiro atoms. The average Bonchev–Trinajstić information content (AvgIpc) is 3.07. The first-order valence-corrected chi connectivity index (χ1v) is 16.0. The molecule has 10 heteroatoms. The first-order chi connectivity index (χ1) is 21.6. The molecule has 1 saturated carbocycles. The Hall–Kier alpha value is -3.53. The molecule has 4 N–H and O–H groups in total. The van der Waals surface area contributed by atoms with Gasteiger partial charge in [-0.25, -0.2) is 0 Å². The maximum atomic E-state index is 16.2. The van der Waals surface area contributed by atoms with E-state index >= 15 is 8.78 Å². The summed E-state index contributed by atoms with van der Waals surface area (Å²) in [6, 6.07) is 16.5. The molecule has 2 atom stereocenters. The van der Waals surface area contributed by atoms with Crippen molar-refractivity contribution in [2.75, 3.05) is 19.7 Å². The van der Waals surface area contributed by atoms with E-state index in [9.17, 15) is 14.7 Å². The van der Waals surface area contributed by atoms with Crippen LogP contribution in [0.5, 0.6) is 5.75 Å². The number of likely N-dealkylation sites (tertiary alicyclic amines) is 1. The molecular formula is C35H40ClF2N3O4. The Morgan fingerprint density at radius 1 is 0.911 bits per heavy atom. The first kappa shape index (κ1) is 32.9. The number of piperidine rings is 1. The predicted octanol–water partition coefficient (Wildman–Crippen LogP) is 6.23. The van der Waals surface area contributed by atoms with Gasteiger partial charge in [-0.2, -0.15) is 8.78 Å². The maximum absolute atomic E-state index is 16.2. The smallest absolute Gasteiger partial charge is 0.301 e. The van der Waals surface area contributed by atoms with Crippen molar-refractivity contribution in [3.63, 3.8) is 0 Å². The SMILES string of the molecule is NC1CCN(C(=O)[C@@H](NC(=O)[C@H](O)c2ccc(OCC3CCCCC3)cc2)C(F)(F)c2ccc(-c3ccc(Cl)cc3)cc2)CC1. The Balaban J connectivity index is 1.31. The standard InChI is InChI=1S/C35H40ClF2N3O4/c36-28-14-8-25(9-15-28)24-6-12-27(13-7-24)35(37,38)32(34(44)41-20-18-29(39)19-21-41)40-33(43)31(42)26-10-16-30(17-11-26)45-22-23-4-2-1-3-5-23/h6-17,23,29,31-32,42H,1-5,18-22,39H2,(H,40,43)/t31-,32-/m1/s1. The molecular weight excluding hydrogens is 600 g/mol. The lowest BCUT2D eigenvalue weighted by atomic mass is 9.90. The first-order valence-electron chi connectivity index (χ1n) is 15.6. The fourth-order valence-corrected chi connectivity index (χ4v) is 6.12. The van der Waals surface area contributed by atoms with E-state index in [-0.39, 0.29) is 24.7 Å². The van der Waals surface area contributed by atoms with E-state index in [2.05, 4.69) is 5.32 Å². The highest BCUT2D eigenvalue weighted by molar-refractivity contribution is 6.30. The quantitative estimate of drug-likeness (QED) is 0.244. The summed E-state index contributed by atoms with van der Waals surface area (Å²) in [6.07, 6.45) is 5.10. The summed E-state index contributed by atoms with van der Waals surface area (Å²) in [5.41, 5.74) is 7.19. The molecule has 1 aliphatic heterocycles. The minimum Gasteiger partial charge on any atom is -0.493 e. The Morgan fingerprint density at radius 2 is 1.49 bits per heavy atom. The topological polar surface area (TPSA) is 105 Å². The highest BCUT2D eigenvalue weighted by Crippen LogP contribution is 2.35. The van der Waals surface area contributed by atoms with Crippen LogP contribution in [0.1, 0.15) is 62.2 Å². The minimum absolute atomic E-state index is 0.126. The fourth-order valence-electron chi connectivity index (χ4n) is 5.99. The monoisotopic (exact) mass is 639 g/mol. The molecule has 2 fully saturated rings. The van der Waals surface area contributed by atoms with Gasteiger partial charge in [-0.05, 0) is 72.6 Å². The largest absolute Gasteiger partial charge is 0.493 e. The second-order valence-corrected chi connectivity index (χ2v) is 12.5. The van der Waals surface area contributed by atoms with Crippen LogP contribution in [0, 0.1) is 5.92 Å². The van der Waals surface area contributed by atoms with Gasteiger partial charge in [0.2, 0.25) is 0 Å². The Kier molecular flexibility index (Phi) is 10.7. The van der Waals surface area contributed by atoms with Crippen molar-refractivity contribution >= 4 is 23.4 Å². The second kappa shape index (κ2) is 14.7. The Morgan fingerprint density at radius 3 is 2.09 bits per heavy atom. The minimum atomic E-state index is -3.79. The third-order valence-electron chi connectivity index (χ3n) is 8.85. The van der Waals surface area contributed by atoms with E-state index in [1.807, 2.05) is 0 Å². The van der Waals surface area contributed by atoms with Gasteiger partial charge in [0.15, 0.2) is 12.1 Å². The van der Waals surface area contributed by atoms with Gasteiger partial charge >= 0.3 is 5.92 Å². The van der Waals surface area contributed by atoms with Crippen molar-refractivity contribution in [3.05, 3.63) is 88.9 Å². The summed E-state index contributed by atoms with van der Waals surface area (Å²) in [4.78, 5) is 28.1. The van der Waals surface area contributed by atoms with Crippen LogP contribution in [0.4, 0.5) is 8.78 Å². The molecule has 2 aliphatic rings. The van der Waals surface area contributed by atoms with Gasteiger partial charge in [-0.15, -0.1) is 0 Å². The number of amides is 2. The summed E-state index contributed by atoms with van der Waals surface area (Å²) in [5.74, 6) is -4.71. The van der Waals surface area contributed by atoms with E-state index in [4.69, 9.17) is 22.1 Å². The molecule has 2 amide bonds. The molecule has 0 radical (unpaired) electrons.